The number of aliphatic hydroxyl groups is 1. The van der Waals surface area contributed by atoms with E-state index in [9.17, 15) is 23.1 Å². The van der Waals surface area contributed by atoms with Gasteiger partial charge in [0.05, 0.1) is 6.10 Å². The molecule has 152 valence electrons. The largest absolute Gasteiger partial charge is 0.444 e. The van der Waals surface area contributed by atoms with Crippen LogP contribution in [0, 0.1) is 0 Å². The first-order chi connectivity index (χ1) is 12.9. The Hall–Kier alpha value is -2.55. The molecule has 6 nitrogen and oxygen atoms in total. The van der Waals surface area contributed by atoms with Gasteiger partial charge in [0.15, 0.2) is 5.69 Å². The minimum absolute atomic E-state index is 0.164. The van der Waals surface area contributed by atoms with Gasteiger partial charge in [0.1, 0.15) is 11.4 Å². The summed E-state index contributed by atoms with van der Waals surface area (Å²) in [7, 11) is 0. The predicted octanol–water partition coefficient (Wildman–Crippen LogP) is 4.03. The number of amides is 1. The van der Waals surface area contributed by atoms with E-state index >= 15 is 0 Å². The van der Waals surface area contributed by atoms with Crippen LogP contribution in [-0.4, -0.2) is 26.4 Å². The Labute approximate surface area is 160 Å². The first-order valence-corrected chi connectivity index (χ1v) is 8.86. The smallest absolute Gasteiger partial charge is 0.434 e. The van der Waals surface area contributed by atoms with E-state index in [4.69, 9.17) is 4.74 Å². The Kier molecular flexibility index (Phi) is 5.14. The van der Waals surface area contributed by atoms with Gasteiger partial charge in [-0.1, -0.05) is 18.2 Å². The molecular weight excluding hydrogens is 375 g/mol. The van der Waals surface area contributed by atoms with Gasteiger partial charge in [-0.2, -0.15) is 13.2 Å². The highest BCUT2D eigenvalue weighted by Gasteiger charge is 2.36. The summed E-state index contributed by atoms with van der Waals surface area (Å²) in [4.78, 5) is 15.5. The minimum atomic E-state index is -4.53. The van der Waals surface area contributed by atoms with Gasteiger partial charge in [0, 0.05) is 24.8 Å². The van der Waals surface area contributed by atoms with Crippen LogP contribution in [0.25, 0.3) is 11.4 Å². The molecule has 0 radical (unpaired) electrons. The molecule has 1 amide bonds. The molecule has 2 heterocycles. The van der Waals surface area contributed by atoms with Crippen molar-refractivity contribution >= 4 is 6.09 Å². The monoisotopic (exact) mass is 397 g/mol. The number of rotatable bonds is 2. The van der Waals surface area contributed by atoms with Gasteiger partial charge in [0.25, 0.3) is 0 Å². The average Bonchev–Trinajstić information content (AvgIpc) is 2.95. The molecule has 1 aromatic carbocycles. The van der Waals surface area contributed by atoms with Crippen molar-refractivity contribution in [3.8, 4) is 11.4 Å². The molecule has 1 aliphatic heterocycles. The van der Waals surface area contributed by atoms with Crippen LogP contribution in [0.3, 0.4) is 0 Å². The van der Waals surface area contributed by atoms with E-state index in [-0.39, 0.29) is 25.3 Å². The Morgan fingerprint density at radius 2 is 2.07 bits per heavy atom. The zero-order chi connectivity index (χ0) is 20.7. The molecule has 0 saturated heterocycles. The predicted molar refractivity (Wildman–Crippen MR) is 95.3 cm³/mol. The Bertz CT molecular complexity index is 885. The van der Waals surface area contributed by atoms with Crippen LogP contribution in [0.5, 0.6) is 0 Å². The molecule has 0 spiro atoms. The van der Waals surface area contributed by atoms with Crippen LogP contribution >= 0.6 is 0 Å². The number of aliphatic hydroxyl groups excluding tert-OH is 1. The summed E-state index contributed by atoms with van der Waals surface area (Å²) >= 11 is 0. The van der Waals surface area contributed by atoms with E-state index in [0.717, 1.165) is 6.20 Å². The number of ether oxygens (including phenoxy) is 1. The molecule has 0 saturated carbocycles. The van der Waals surface area contributed by atoms with Crippen LogP contribution in [0.15, 0.2) is 24.4 Å². The molecule has 1 unspecified atom stereocenters. The number of carbonyl (C=O) groups excluding carboxylic acids is 1. The lowest BCUT2D eigenvalue weighted by Crippen LogP contribution is -2.32. The number of aryl methyl sites for hydroxylation is 1. The zero-order valence-corrected chi connectivity index (χ0v) is 15.8. The first-order valence-electron chi connectivity index (χ1n) is 8.86. The number of hydrogen-bond acceptors (Lipinski definition) is 4. The van der Waals surface area contributed by atoms with Crippen molar-refractivity contribution in [1.82, 2.24) is 14.9 Å². The van der Waals surface area contributed by atoms with Crippen molar-refractivity contribution in [2.24, 2.45) is 0 Å². The topological polar surface area (TPSA) is 76.4 Å². The highest BCUT2D eigenvalue weighted by atomic mass is 19.4. The van der Waals surface area contributed by atoms with E-state index in [0.29, 0.717) is 16.7 Å². The van der Waals surface area contributed by atoms with E-state index in [1.165, 1.54) is 4.57 Å². The van der Waals surface area contributed by atoms with Gasteiger partial charge in [-0.25, -0.2) is 9.78 Å². The number of benzene rings is 1. The SMILES string of the molecule is CC(C)(C)OC(=O)NCc1ccc2c(c1)C(O)CCn1cc(C(F)(F)F)nc1-2. The number of fused-ring (bicyclic) bond motifs is 3. The fraction of sp³-hybridized carbons (Fsp3) is 0.474. The van der Waals surface area contributed by atoms with Crippen molar-refractivity contribution in [3.63, 3.8) is 0 Å². The third-order valence-electron chi connectivity index (χ3n) is 4.26. The molecule has 0 fully saturated rings. The molecule has 3 rings (SSSR count). The van der Waals surface area contributed by atoms with Gasteiger partial charge < -0.3 is 19.7 Å². The summed E-state index contributed by atoms with van der Waals surface area (Å²) in [5.41, 5.74) is 0.0460. The second-order valence-electron chi connectivity index (χ2n) is 7.72. The number of alkyl halides is 3. The summed E-state index contributed by atoms with van der Waals surface area (Å²) in [5.74, 6) is 0.172. The zero-order valence-electron chi connectivity index (χ0n) is 15.8. The van der Waals surface area contributed by atoms with Crippen molar-refractivity contribution in [1.29, 1.82) is 0 Å². The number of halogens is 3. The standard InChI is InChI=1S/C19H22F3N3O3/c1-18(2,3)28-17(27)23-9-11-4-5-12-13(8-11)14(26)6-7-25-10-15(19(20,21)22)24-16(12)25/h4-5,8,10,14,26H,6-7,9H2,1-3H3,(H,23,27). The molecule has 9 heteroatoms. The van der Waals surface area contributed by atoms with Crippen LogP contribution < -0.4 is 5.32 Å². The number of nitrogens with zero attached hydrogens (tertiary/aromatic N) is 2. The minimum Gasteiger partial charge on any atom is -0.444 e. The molecule has 2 N–H and O–H groups in total. The maximum absolute atomic E-state index is 13.0. The van der Waals surface area contributed by atoms with Crippen molar-refractivity contribution in [3.05, 3.63) is 41.2 Å². The van der Waals surface area contributed by atoms with Gasteiger partial charge in [0.2, 0.25) is 0 Å². The number of aromatic nitrogens is 2. The first kappa shape index (κ1) is 20.2. The quantitative estimate of drug-likeness (QED) is 0.802. The average molecular weight is 397 g/mol. The van der Waals surface area contributed by atoms with Crippen molar-refractivity contribution < 1.29 is 27.8 Å². The third kappa shape index (κ3) is 4.46. The van der Waals surface area contributed by atoms with Gasteiger partial charge >= 0.3 is 12.3 Å². The Morgan fingerprint density at radius 1 is 1.36 bits per heavy atom. The fourth-order valence-electron chi connectivity index (χ4n) is 3.04. The summed E-state index contributed by atoms with van der Waals surface area (Å²) in [6.45, 7) is 5.64. The molecule has 0 bridgehead atoms. The maximum atomic E-state index is 13.0. The molecule has 28 heavy (non-hydrogen) atoms. The van der Waals surface area contributed by atoms with Crippen LogP contribution in [-0.2, 0) is 24.0 Å². The van der Waals surface area contributed by atoms with Gasteiger partial charge in [-0.3, -0.25) is 0 Å². The number of hydrogen-bond donors (Lipinski definition) is 2. The normalized spacial score (nSPS) is 16.8. The third-order valence-corrected chi connectivity index (χ3v) is 4.26. The van der Waals surface area contributed by atoms with Crippen LogP contribution in [0.4, 0.5) is 18.0 Å². The van der Waals surface area contributed by atoms with E-state index in [1.54, 1.807) is 39.0 Å². The van der Waals surface area contributed by atoms with E-state index in [2.05, 4.69) is 10.3 Å². The number of carbonyl (C=O) groups is 1. The van der Waals surface area contributed by atoms with Crippen molar-refractivity contribution in [2.45, 2.75) is 58.2 Å². The molecule has 1 aliphatic rings. The number of imidazole rings is 1. The van der Waals surface area contributed by atoms with E-state index in [1.807, 2.05) is 0 Å². The van der Waals surface area contributed by atoms with Crippen molar-refractivity contribution in [2.75, 3.05) is 0 Å². The van der Waals surface area contributed by atoms with Gasteiger partial charge in [-0.05, 0) is 38.3 Å². The summed E-state index contributed by atoms with van der Waals surface area (Å²) in [6, 6.07) is 4.98. The Balaban J connectivity index is 1.86. The second kappa shape index (κ2) is 7.12. The molecule has 1 aromatic heterocycles. The number of alkyl carbamates (subject to hydrolysis) is 1. The lowest BCUT2D eigenvalue weighted by atomic mass is 9.98. The maximum Gasteiger partial charge on any atom is 0.434 e. The lowest BCUT2D eigenvalue weighted by Gasteiger charge is -2.20. The van der Waals surface area contributed by atoms with E-state index < -0.39 is 29.7 Å². The molecule has 0 aliphatic carbocycles. The lowest BCUT2D eigenvalue weighted by molar-refractivity contribution is -0.140. The highest BCUT2D eigenvalue weighted by Crippen LogP contribution is 2.37. The van der Waals surface area contributed by atoms with Crippen LogP contribution in [0.2, 0.25) is 0 Å². The van der Waals surface area contributed by atoms with Gasteiger partial charge in [-0.15, -0.1) is 0 Å². The second-order valence-corrected chi connectivity index (χ2v) is 7.72. The summed E-state index contributed by atoms with van der Waals surface area (Å²) in [6.07, 6.45) is -4.72. The summed E-state index contributed by atoms with van der Waals surface area (Å²) < 4.78 is 45.6. The highest BCUT2D eigenvalue weighted by molar-refractivity contribution is 5.68. The fourth-order valence-corrected chi connectivity index (χ4v) is 3.04. The number of nitrogens with one attached hydrogen (secondary N) is 1. The Morgan fingerprint density at radius 3 is 2.71 bits per heavy atom. The van der Waals surface area contributed by atoms with Crippen LogP contribution in [0.1, 0.15) is 50.1 Å². The molecule has 2 aromatic rings. The summed E-state index contributed by atoms with van der Waals surface area (Å²) in [5, 5.41) is 13.1. The molecule has 1 atom stereocenters. The molecular formula is C19H22F3N3O3.